The molecule has 1 aromatic carbocycles. The highest BCUT2D eigenvalue weighted by Gasteiger charge is 2.32. The van der Waals surface area contributed by atoms with Gasteiger partial charge < -0.3 is 9.84 Å². The maximum atomic E-state index is 12.7. The Balaban J connectivity index is 1.84. The number of carbonyl (C=O) groups excluding carboxylic acids is 1. The Hall–Kier alpha value is -2.36. The van der Waals surface area contributed by atoms with E-state index in [1.807, 2.05) is 6.92 Å². The van der Waals surface area contributed by atoms with Gasteiger partial charge in [-0.1, -0.05) is 35.6 Å². The van der Waals surface area contributed by atoms with Crippen LogP contribution in [-0.2, 0) is 16.6 Å². The Labute approximate surface area is 182 Å². The van der Waals surface area contributed by atoms with Gasteiger partial charge in [-0.05, 0) is 43.7 Å². The molecule has 1 N–H and O–H groups in total. The van der Waals surface area contributed by atoms with Gasteiger partial charge in [0.1, 0.15) is 10.1 Å². The summed E-state index contributed by atoms with van der Waals surface area (Å²) < 4.78 is 7.98. The van der Waals surface area contributed by atoms with Crippen LogP contribution in [-0.4, -0.2) is 42.5 Å². The first-order chi connectivity index (χ1) is 13.8. The van der Waals surface area contributed by atoms with Crippen molar-refractivity contribution in [1.29, 1.82) is 0 Å². The minimum Gasteiger partial charge on any atom is -0.481 e. The maximum Gasteiger partial charge on any atom is 0.303 e. The van der Waals surface area contributed by atoms with Crippen LogP contribution in [0.5, 0.6) is 11.6 Å². The van der Waals surface area contributed by atoms with Gasteiger partial charge in [-0.25, -0.2) is 4.68 Å². The molecule has 0 radical (unpaired) electrons. The molecule has 0 saturated carbocycles. The average molecular weight is 452 g/mol. The average Bonchev–Trinajstić information content (AvgIpc) is 3.07. The van der Waals surface area contributed by atoms with Crippen molar-refractivity contribution in [1.82, 2.24) is 14.7 Å². The summed E-state index contributed by atoms with van der Waals surface area (Å²) in [6.45, 7) is 2.10. The number of hydrogen-bond donors (Lipinski definition) is 1. The van der Waals surface area contributed by atoms with E-state index in [0.717, 1.165) is 0 Å². The van der Waals surface area contributed by atoms with E-state index in [1.54, 1.807) is 42.1 Å². The largest absolute Gasteiger partial charge is 0.481 e. The number of carboxylic acid groups (broad SMARTS) is 1. The predicted octanol–water partition coefficient (Wildman–Crippen LogP) is 4.24. The zero-order chi connectivity index (χ0) is 21.1. The number of rotatable bonds is 7. The number of thioether (sulfide) groups is 1. The van der Waals surface area contributed by atoms with E-state index in [4.69, 9.17) is 33.7 Å². The molecule has 7 nitrogen and oxygen atoms in total. The number of benzene rings is 1. The van der Waals surface area contributed by atoms with Crippen LogP contribution in [0.15, 0.2) is 29.2 Å². The van der Waals surface area contributed by atoms with Gasteiger partial charge in [0, 0.05) is 25.0 Å². The Morgan fingerprint density at radius 2 is 2.07 bits per heavy atom. The van der Waals surface area contributed by atoms with E-state index in [-0.39, 0.29) is 18.9 Å². The molecular weight excluding hydrogens is 434 g/mol. The van der Waals surface area contributed by atoms with E-state index < -0.39 is 5.97 Å². The molecule has 1 aromatic heterocycles. The summed E-state index contributed by atoms with van der Waals surface area (Å²) in [4.78, 5) is 25.3. The summed E-state index contributed by atoms with van der Waals surface area (Å²) in [5.74, 6) is -0.0683. The van der Waals surface area contributed by atoms with Crippen molar-refractivity contribution in [3.63, 3.8) is 0 Å². The van der Waals surface area contributed by atoms with Crippen LogP contribution in [0.4, 0.5) is 0 Å². The third-order valence-corrected chi connectivity index (χ3v) is 5.79. The fourth-order valence-corrected chi connectivity index (χ4v) is 4.18. The molecule has 1 aliphatic heterocycles. The topological polar surface area (TPSA) is 84.7 Å². The van der Waals surface area contributed by atoms with Gasteiger partial charge in [-0.3, -0.25) is 14.5 Å². The zero-order valence-electron chi connectivity index (χ0n) is 15.7. The fourth-order valence-electron chi connectivity index (χ4n) is 2.77. The molecule has 0 unspecified atom stereocenters. The van der Waals surface area contributed by atoms with Gasteiger partial charge in [0.15, 0.2) is 0 Å². The van der Waals surface area contributed by atoms with Gasteiger partial charge >= 0.3 is 5.97 Å². The molecule has 0 bridgehead atoms. The van der Waals surface area contributed by atoms with Crippen molar-refractivity contribution in [3.8, 4) is 11.6 Å². The Morgan fingerprint density at radius 1 is 1.38 bits per heavy atom. The highest BCUT2D eigenvalue weighted by atomic mass is 35.5. The van der Waals surface area contributed by atoms with Crippen LogP contribution < -0.4 is 4.74 Å². The first-order valence-corrected chi connectivity index (χ1v) is 10.3. The van der Waals surface area contributed by atoms with E-state index in [0.29, 0.717) is 43.6 Å². The van der Waals surface area contributed by atoms with Crippen molar-refractivity contribution in [2.24, 2.45) is 7.05 Å². The van der Waals surface area contributed by atoms with Crippen molar-refractivity contribution >= 4 is 57.9 Å². The summed E-state index contributed by atoms with van der Waals surface area (Å²) in [7, 11) is 1.76. The summed E-state index contributed by atoms with van der Waals surface area (Å²) in [5.41, 5.74) is 1.38. The molecule has 29 heavy (non-hydrogen) atoms. The molecule has 10 heteroatoms. The molecule has 0 spiro atoms. The molecule has 2 heterocycles. The molecule has 152 valence electrons. The van der Waals surface area contributed by atoms with E-state index in [1.165, 1.54) is 16.7 Å². The van der Waals surface area contributed by atoms with E-state index >= 15 is 0 Å². The fraction of sp³-hybridized carbons (Fsp3) is 0.263. The number of aliphatic carboxylic acids is 1. The summed E-state index contributed by atoms with van der Waals surface area (Å²) in [5, 5.41) is 13.8. The maximum absolute atomic E-state index is 12.7. The number of nitrogens with zero attached hydrogens (tertiary/aromatic N) is 3. The highest BCUT2D eigenvalue weighted by Crippen LogP contribution is 2.36. The summed E-state index contributed by atoms with van der Waals surface area (Å²) >= 11 is 12.4. The molecule has 0 atom stereocenters. The van der Waals surface area contributed by atoms with Crippen molar-refractivity contribution in [3.05, 3.63) is 45.5 Å². The van der Waals surface area contributed by atoms with Crippen molar-refractivity contribution in [2.75, 3.05) is 6.54 Å². The molecule has 1 saturated heterocycles. The number of hydrogen-bond acceptors (Lipinski definition) is 6. The van der Waals surface area contributed by atoms with Gasteiger partial charge in [-0.2, -0.15) is 5.10 Å². The van der Waals surface area contributed by atoms with Crippen LogP contribution in [0.2, 0.25) is 5.02 Å². The monoisotopic (exact) mass is 451 g/mol. The van der Waals surface area contributed by atoms with Crippen LogP contribution in [0.1, 0.15) is 24.1 Å². The highest BCUT2D eigenvalue weighted by molar-refractivity contribution is 8.26. The minimum atomic E-state index is -0.902. The Kier molecular flexibility index (Phi) is 6.61. The van der Waals surface area contributed by atoms with Gasteiger partial charge in [-0.15, -0.1) is 0 Å². The quantitative estimate of drug-likeness (QED) is 0.497. The van der Waals surface area contributed by atoms with Crippen LogP contribution in [0.3, 0.4) is 0 Å². The van der Waals surface area contributed by atoms with Crippen molar-refractivity contribution < 1.29 is 19.4 Å². The molecule has 0 aliphatic carbocycles. The van der Waals surface area contributed by atoms with E-state index in [2.05, 4.69) is 5.10 Å². The lowest BCUT2D eigenvalue weighted by molar-refractivity contribution is -0.137. The summed E-state index contributed by atoms with van der Waals surface area (Å²) in [6.07, 6.45) is 2.03. The normalized spacial score (nSPS) is 15.4. The second-order valence-corrected chi connectivity index (χ2v) is 8.43. The number of aromatic nitrogens is 2. The smallest absolute Gasteiger partial charge is 0.303 e. The molecule has 1 fully saturated rings. The Bertz CT molecular complexity index is 1000. The van der Waals surface area contributed by atoms with Gasteiger partial charge in [0.2, 0.25) is 5.88 Å². The van der Waals surface area contributed by atoms with Crippen LogP contribution in [0.25, 0.3) is 6.08 Å². The van der Waals surface area contributed by atoms with E-state index in [9.17, 15) is 9.59 Å². The first-order valence-electron chi connectivity index (χ1n) is 8.70. The molecule has 2 aromatic rings. The number of carbonyl (C=O) groups is 2. The lowest BCUT2D eigenvalue weighted by atomic mass is 10.2. The van der Waals surface area contributed by atoms with Gasteiger partial charge in [0.25, 0.3) is 5.91 Å². The number of amides is 1. The molecule has 1 aliphatic rings. The predicted molar refractivity (Wildman–Crippen MR) is 116 cm³/mol. The number of thiocarbonyl (C=S) groups is 1. The van der Waals surface area contributed by atoms with Crippen molar-refractivity contribution in [2.45, 2.75) is 19.8 Å². The minimum absolute atomic E-state index is 0.0170. The molecule has 1 amide bonds. The number of carboxylic acids is 1. The number of halogens is 1. The molecular formula is C19H18ClN3O4S2. The standard InChI is InChI=1S/C19H18ClN3O4S2/c1-11-14(18(22(2)21-11)27-13-7-5-12(20)6-8-13)10-15-17(26)23(19(28)29-15)9-3-4-16(24)25/h5-8,10H,3-4,9H2,1-2H3,(H,24,25). The van der Waals surface area contributed by atoms with Crippen LogP contribution >= 0.6 is 35.6 Å². The third kappa shape index (κ3) is 4.98. The Morgan fingerprint density at radius 3 is 2.72 bits per heavy atom. The third-order valence-electron chi connectivity index (χ3n) is 4.16. The lowest BCUT2D eigenvalue weighted by Crippen LogP contribution is -2.29. The zero-order valence-corrected chi connectivity index (χ0v) is 18.1. The van der Waals surface area contributed by atoms with Gasteiger partial charge in [0.05, 0.1) is 16.2 Å². The number of aryl methyl sites for hydroxylation is 2. The molecule has 3 rings (SSSR count). The second-order valence-electron chi connectivity index (χ2n) is 6.31. The van der Waals surface area contributed by atoms with Crippen LogP contribution in [0, 0.1) is 6.92 Å². The number of ether oxygens (including phenoxy) is 1. The first kappa shape index (κ1) is 21.4. The lowest BCUT2D eigenvalue weighted by Gasteiger charge is -2.13. The second kappa shape index (κ2) is 8.98. The summed E-state index contributed by atoms with van der Waals surface area (Å²) in [6, 6.07) is 6.94. The SMILES string of the molecule is Cc1nn(C)c(Oc2ccc(Cl)cc2)c1C=C1SC(=S)N(CCCC(=O)O)C1=O.